The summed E-state index contributed by atoms with van der Waals surface area (Å²) in [4.78, 5) is 0. The van der Waals surface area contributed by atoms with Crippen molar-refractivity contribution < 1.29 is 0 Å². The van der Waals surface area contributed by atoms with Crippen LogP contribution >= 0.6 is 0 Å². The van der Waals surface area contributed by atoms with Crippen molar-refractivity contribution in [2.45, 2.75) is 26.7 Å². The predicted molar refractivity (Wildman–Crippen MR) is 46.1 cm³/mol. The first-order chi connectivity index (χ1) is 5.65. The Balaban J connectivity index is 1.94. The van der Waals surface area contributed by atoms with Gasteiger partial charge in [0.15, 0.2) is 0 Å². The maximum Gasteiger partial charge on any atom is 0.0658 e. The van der Waals surface area contributed by atoms with Gasteiger partial charge in [-0.1, -0.05) is 13.8 Å². The molecule has 0 aliphatic heterocycles. The van der Waals surface area contributed by atoms with Gasteiger partial charge in [-0.05, 0) is 41.9 Å². The van der Waals surface area contributed by atoms with Gasteiger partial charge in [-0.3, -0.25) is 0 Å². The Bertz CT molecular complexity index is 273. The number of hydrogen-bond acceptors (Lipinski definition) is 1. The molecule has 3 rings (SSSR count). The van der Waals surface area contributed by atoms with E-state index in [1.165, 1.54) is 12.8 Å². The minimum atomic E-state index is 0.415. The molecule has 0 heterocycles. The molecule has 0 aromatic carbocycles. The van der Waals surface area contributed by atoms with E-state index in [2.05, 4.69) is 19.9 Å². The number of nitriles is 1. The molecule has 3 fully saturated rings. The fourth-order valence-corrected chi connectivity index (χ4v) is 4.30. The summed E-state index contributed by atoms with van der Waals surface area (Å²) in [7, 11) is 0. The molecule has 0 amide bonds. The van der Waals surface area contributed by atoms with E-state index in [-0.39, 0.29) is 0 Å². The SMILES string of the molecule is CC1(C)CC2C(C#N)CC3C2C31. The Labute approximate surface area is 73.8 Å². The standard InChI is InChI=1S/C11H15N/c1-11(2)4-8-6(5-12)3-7-9(8)10(7)11/h6-10H,3-4H2,1-2H3. The average Bonchev–Trinajstić information content (AvgIpc) is 2.56. The largest absolute Gasteiger partial charge is 0.198 e. The van der Waals surface area contributed by atoms with E-state index in [0.717, 1.165) is 23.7 Å². The van der Waals surface area contributed by atoms with E-state index in [1.54, 1.807) is 0 Å². The number of nitrogens with zero attached hydrogens (tertiary/aromatic N) is 1. The highest BCUT2D eigenvalue weighted by Gasteiger charge is 2.71. The molecule has 0 N–H and O–H groups in total. The molecule has 5 atom stereocenters. The predicted octanol–water partition coefficient (Wildman–Crippen LogP) is 2.44. The van der Waals surface area contributed by atoms with Gasteiger partial charge < -0.3 is 0 Å². The summed E-state index contributed by atoms with van der Waals surface area (Å²) in [5.41, 5.74) is 0.561. The van der Waals surface area contributed by atoms with E-state index in [4.69, 9.17) is 5.26 Å². The second-order valence-corrected chi connectivity index (χ2v) is 5.59. The Morgan fingerprint density at radius 3 is 2.67 bits per heavy atom. The quantitative estimate of drug-likeness (QED) is 0.535. The smallest absolute Gasteiger partial charge is 0.0658 e. The molecule has 12 heavy (non-hydrogen) atoms. The molecule has 3 saturated carbocycles. The van der Waals surface area contributed by atoms with E-state index < -0.39 is 0 Å². The second kappa shape index (κ2) is 1.71. The van der Waals surface area contributed by atoms with Crippen LogP contribution in [0.1, 0.15) is 26.7 Å². The van der Waals surface area contributed by atoms with Crippen molar-refractivity contribution in [3.8, 4) is 6.07 Å². The molecule has 1 nitrogen and oxygen atoms in total. The minimum Gasteiger partial charge on any atom is -0.198 e. The highest BCUT2D eigenvalue weighted by molar-refractivity contribution is 5.21. The highest BCUT2D eigenvalue weighted by Crippen LogP contribution is 2.76. The Hall–Kier alpha value is -0.510. The van der Waals surface area contributed by atoms with Crippen molar-refractivity contribution in [2.75, 3.05) is 0 Å². The van der Waals surface area contributed by atoms with Gasteiger partial charge in [0.2, 0.25) is 0 Å². The summed E-state index contributed by atoms with van der Waals surface area (Å²) in [6, 6.07) is 2.49. The number of fused-ring (bicyclic) bond motifs is 1. The van der Waals surface area contributed by atoms with Crippen LogP contribution in [0.15, 0.2) is 0 Å². The molecule has 0 saturated heterocycles. The first-order valence-corrected chi connectivity index (χ1v) is 5.05. The molecule has 1 heteroatoms. The van der Waals surface area contributed by atoms with E-state index in [9.17, 15) is 0 Å². The van der Waals surface area contributed by atoms with Crippen LogP contribution in [-0.2, 0) is 0 Å². The highest BCUT2D eigenvalue weighted by atomic mass is 14.7. The molecular formula is C11H15N. The minimum absolute atomic E-state index is 0.415. The van der Waals surface area contributed by atoms with Gasteiger partial charge >= 0.3 is 0 Å². The van der Waals surface area contributed by atoms with Crippen molar-refractivity contribution in [3.05, 3.63) is 0 Å². The summed E-state index contributed by atoms with van der Waals surface area (Å²) in [5.74, 6) is 4.10. The molecule has 5 unspecified atom stereocenters. The van der Waals surface area contributed by atoms with Crippen LogP contribution in [0.5, 0.6) is 0 Å². The lowest BCUT2D eigenvalue weighted by Gasteiger charge is -2.20. The zero-order valence-electron chi connectivity index (χ0n) is 7.75. The van der Waals surface area contributed by atoms with Gasteiger partial charge in [0.1, 0.15) is 0 Å². The Morgan fingerprint density at radius 1 is 1.33 bits per heavy atom. The molecule has 0 radical (unpaired) electrons. The van der Waals surface area contributed by atoms with Gasteiger partial charge in [-0.2, -0.15) is 5.26 Å². The first-order valence-electron chi connectivity index (χ1n) is 5.05. The van der Waals surface area contributed by atoms with Crippen LogP contribution in [0.4, 0.5) is 0 Å². The molecule has 0 aromatic heterocycles. The number of hydrogen-bond donors (Lipinski definition) is 0. The third kappa shape index (κ3) is 0.575. The van der Waals surface area contributed by atoms with Gasteiger partial charge in [0.05, 0.1) is 6.07 Å². The van der Waals surface area contributed by atoms with Gasteiger partial charge in [-0.15, -0.1) is 0 Å². The lowest BCUT2D eigenvalue weighted by molar-refractivity contribution is 0.292. The van der Waals surface area contributed by atoms with E-state index in [1.807, 2.05) is 0 Å². The molecule has 0 bridgehead atoms. The normalized spacial score (nSPS) is 57.9. The van der Waals surface area contributed by atoms with Crippen molar-refractivity contribution in [1.82, 2.24) is 0 Å². The monoisotopic (exact) mass is 161 g/mol. The first kappa shape index (κ1) is 6.95. The van der Waals surface area contributed by atoms with Crippen LogP contribution in [0, 0.1) is 46.3 Å². The molecule has 0 spiro atoms. The molecular weight excluding hydrogens is 146 g/mol. The van der Waals surface area contributed by atoms with Gasteiger partial charge in [-0.25, -0.2) is 0 Å². The fourth-order valence-electron chi connectivity index (χ4n) is 4.30. The molecule has 0 aromatic rings. The van der Waals surface area contributed by atoms with Crippen LogP contribution in [0.3, 0.4) is 0 Å². The zero-order valence-corrected chi connectivity index (χ0v) is 7.75. The van der Waals surface area contributed by atoms with Crippen LogP contribution in [0.25, 0.3) is 0 Å². The summed E-state index contributed by atoms with van der Waals surface area (Å²) in [6.07, 6.45) is 2.54. The summed E-state index contributed by atoms with van der Waals surface area (Å²) in [5, 5.41) is 8.94. The topological polar surface area (TPSA) is 23.8 Å². The molecule has 3 aliphatic carbocycles. The summed E-state index contributed by atoms with van der Waals surface area (Å²) in [6.45, 7) is 4.79. The van der Waals surface area contributed by atoms with E-state index in [0.29, 0.717) is 11.3 Å². The van der Waals surface area contributed by atoms with E-state index >= 15 is 0 Å². The fraction of sp³-hybridized carbons (Fsp3) is 0.909. The summed E-state index contributed by atoms with van der Waals surface area (Å²) >= 11 is 0. The van der Waals surface area contributed by atoms with Crippen LogP contribution < -0.4 is 0 Å². The van der Waals surface area contributed by atoms with Crippen molar-refractivity contribution in [1.29, 1.82) is 5.26 Å². The number of rotatable bonds is 0. The third-order valence-corrected chi connectivity index (χ3v) is 4.60. The lowest BCUT2D eigenvalue weighted by Crippen LogP contribution is -2.12. The second-order valence-electron chi connectivity index (χ2n) is 5.59. The van der Waals surface area contributed by atoms with Gasteiger partial charge in [0, 0.05) is 5.92 Å². The van der Waals surface area contributed by atoms with Gasteiger partial charge in [0.25, 0.3) is 0 Å². The third-order valence-electron chi connectivity index (χ3n) is 4.60. The molecule has 64 valence electrons. The van der Waals surface area contributed by atoms with Crippen molar-refractivity contribution in [2.24, 2.45) is 35.0 Å². The zero-order chi connectivity index (χ0) is 8.51. The van der Waals surface area contributed by atoms with Crippen LogP contribution in [0.2, 0.25) is 0 Å². The molecule has 3 aliphatic rings. The van der Waals surface area contributed by atoms with Crippen molar-refractivity contribution >= 4 is 0 Å². The maximum absolute atomic E-state index is 8.94. The van der Waals surface area contributed by atoms with Crippen LogP contribution in [-0.4, -0.2) is 0 Å². The lowest BCUT2D eigenvalue weighted by atomic mass is 9.84. The Kier molecular flexibility index (Phi) is 0.991. The average molecular weight is 161 g/mol. The van der Waals surface area contributed by atoms with Crippen molar-refractivity contribution in [3.63, 3.8) is 0 Å². The summed E-state index contributed by atoms with van der Waals surface area (Å²) < 4.78 is 0. The Morgan fingerprint density at radius 2 is 2.08 bits per heavy atom. The maximum atomic E-state index is 8.94.